The Bertz CT molecular complexity index is 389. The predicted molar refractivity (Wildman–Crippen MR) is 48.8 cm³/mol. The number of carbonyl (C=O) groups is 1. The maximum atomic E-state index is 11.1. The van der Waals surface area contributed by atoms with Crippen LogP contribution in [-0.2, 0) is 4.74 Å². The number of rotatable bonds is 2. The number of methoxy groups -OCH3 is 1. The van der Waals surface area contributed by atoms with Crippen LogP contribution in [0.3, 0.4) is 0 Å². The first-order valence-electron chi connectivity index (χ1n) is 3.68. The molecule has 1 aromatic carbocycles. The maximum Gasteiger partial charge on any atom is 0.344 e. The zero-order valence-corrected chi connectivity index (χ0v) is 7.39. The summed E-state index contributed by atoms with van der Waals surface area (Å²) in [6.45, 7) is 0. The van der Waals surface area contributed by atoms with E-state index in [-0.39, 0.29) is 16.9 Å². The number of carbonyl (C=O) groups excluding carboxylic acids is 1. The van der Waals surface area contributed by atoms with Gasteiger partial charge in [-0.15, -0.1) is 0 Å². The van der Waals surface area contributed by atoms with E-state index in [1.807, 2.05) is 0 Å². The summed E-state index contributed by atoms with van der Waals surface area (Å²) < 4.78 is 4.38. The van der Waals surface area contributed by atoms with Crippen molar-refractivity contribution >= 4 is 17.3 Å². The lowest BCUT2D eigenvalue weighted by Crippen LogP contribution is -2.06. The lowest BCUT2D eigenvalue weighted by Gasteiger charge is -2.01. The number of nitrogens with zero attached hydrogens (tertiary/aromatic N) is 1. The van der Waals surface area contributed by atoms with Crippen molar-refractivity contribution in [1.29, 1.82) is 0 Å². The average molecular weight is 196 g/mol. The second-order valence-electron chi connectivity index (χ2n) is 2.53. The Morgan fingerprint density at radius 2 is 2.21 bits per heavy atom. The normalized spacial score (nSPS) is 9.50. The Morgan fingerprint density at radius 3 is 2.71 bits per heavy atom. The Labute approximate surface area is 79.4 Å². The molecule has 0 aliphatic heterocycles. The van der Waals surface area contributed by atoms with Crippen LogP contribution in [0.15, 0.2) is 18.2 Å². The van der Waals surface area contributed by atoms with E-state index in [9.17, 15) is 14.9 Å². The summed E-state index contributed by atoms with van der Waals surface area (Å²) in [6.07, 6.45) is 0. The lowest BCUT2D eigenvalue weighted by atomic mass is 10.1. The largest absolute Gasteiger partial charge is 0.465 e. The fraction of sp³-hybridized carbons (Fsp3) is 0.125. The van der Waals surface area contributed by atoms with Crippen LogP contribution >= 0.6 is 0 Å². The van der Waals surface area contributed by atoms with Gasteiger partial charge in [0.05, 0.1) is 12.0 Å². The molecule has 0 radical (unpaired) electrons. The van der Waals surface area contributed by atoms with E-state index in [2.05, 4.69) is 4.74 Å². The third-order valence-electron chi connectivity index (χ3n) is 1.62. The third kappa shape index (κ3) is 1.79. The minimum Gasteiger partial charge on any atom is -0.465 e. The highest BCUT2D eigenvalue weighted by Gasteiger charge is 2.20. The lowest BCUT2D eigenvalue weighted by molar-refractivity contribution is -0.385. The molecule has 0 bridgehead atoms. The Hall–Kier alpha value is -2.11. The van der Waals surface area contributed by atoms with Crippen molar-refractivity contribution < 1.29 is 14.5 Å². The summed E-state index contributed by atoms with van der Waals surface area (Å²) in [5, 5.41) is 10.5. The maximum absolute atomic E-state index is 11.1. The molecule has 0 atom stereocenters. The summed E-state index contributed by atoms with van der Waals surface area (Å²) in [5.74, 6) is -0.753. The molecular weight excluding hydrogens is 188 g/mol. The van der Waals surface area contributed by atoms with Gasteiger partial charge in [-0.05, 0) is 12.1 Å². The van der Waals surface area contributed by atoms with E-state index in [1.54, 1.807) is 0 Å². The van der Waals surface area contributed by atoms with Gasteiger partial charge < -0.3 is 10.5 Å². The van der Waals surface area contributed by atoms with Gasteiger partial charge in [0.2, 0.25) is 0 Å². The molecule has 0 spiro atoms. The fourth-order valence-corrected chi connectivity index (χ4v) is 0.982. The first-order chi connectivity index (χ1) is 6.56. The van der Waals surface area contributed by atoms with Crippen LogP contribution in [0.2, 0.25) is 0 Å². The van der Waals surface area contributed by atoms with Gasteiger partial charge in [-0.2, -0.15) is 0 Å². The number of ether oxygens (including phenoxy) is 1. The summed E-state index contributed by atoms with van der Waals surface area (Å²) >= 11 is 0. The van der Waals surface area contributed by atoms with Crippen LogP contribution in [0.4, 0.5) is 11.4 Å². The smallest absolute Gasteiger partial charge is 0.344 e. The SMILES string of the molecule is COC(=O)c1ccc(N)cc1[N+](=O)[O-]. The third-order valence-corrected chi connectivity index (χ3v) is 1.62. The number of esters is 1. The highest BCUT2D eigenvalue weighted by Crippen LogP contribution is 2.21. The molecule has 14 heavy (non-hydrogen) atoms. The Morgan fingerprint density at radius 1 is 1.57 bits per heavy atom. The number of anilines is 1. The molecule has 0 aromatic heterocycles. The first-order valence-corrected chi connectivity index (χ1v) is 3.68. The number of nitrogen functional groups attached to an aromatic ring is 1. The molecular formula is C8H8N2O4. The van der Waals surface area contributed by atoms with Crippen molar-refractivity contribution in [3.63, 3.8) is 0 Å². The van der Waals surface area contributed by atoms with Gasteiger partial charge in [0.1, 0.15) is 5.56 Å². The number of nitrogens with two attached hydrogens (primary N) is 1. The van der Waals surface area contributed by atoms with E-state index in [1.165, 1.54) is 12.1 Å². The Balaban J connectivity index is 3.28. The topological polar surface area (TPSA) is 95.5 Å². The van der Waals surface area contributed by atoms with Crippen LogP contribution in [0.25, 0.3) is 0 Å². The molecule has 2 N–H and O–H groups in total. The molecule has 6 heteroatoms. The summed E-state index contributed by atoms with van der Waals surface area (Å²) in [7, 11) is 1.16. The van der Waals surface area contributed by atoms with Crippen molar-refractivity contribution in [3.8, 4) is 0 Å². The molecule has 0 unspecified atom stereocenters. The van der Waals surface area contributed by atoms with Crippen LogP contribution in [0.1, 0.15) is 10.4 Å². The van der Waals surface area contributed by atoms with E-state index in [0.29, 0.717) is 0 Å². The molecule has 0 saturated heterocycles. The molecule has 74 valence electrons. The molecule has 6 nitrogen and oxygen atoms in total. The molecule has 0 fully saturated rings. The second kappa shape index (κ2) is 3.73. The Kier molecular flexibility index (Phi) is 2.66. The van der Waals surface area contributed by atoms with E-state index in [0.717, 1.165) is 13.2 Å². The van der Waals surface area contributed by atoms with Gasteiger partial charge in [-0.3, -0.25) is 10.1 Å². The van der Waals surface area contributed by atoms with Gasteiger partial charge in [0.15, 0.2) is 0 Å². The molecule has 0 amide bonds. The molecule has 0 aliphatic rings. The minimum atomic E-state index is -0.753. The fourth-order valence-electron chi connectivity index (χ4n) is 0.982. The van der Waals surface area contributed by atoms with Gasteiger partial charge in [0.25, 0.3) is 5.69 Å². The number of nitro groups is 1. The van der Waals surface area contributed by atoms with Crippen molar-refractivity contribution in [2.24, 2.45) is 0 Å². The van der Waals surface area contributed by atoms with Gasteiger partial charge >= 0.3 is 5.97 Å². The van der Waals surface area contributed by atoms with Gasteiger partial charge in [0, 0.05) is 11.8 Å². The van der Waals surface area contributed by atoms with Crippen molar-refractivity contribution in [2.75, 3.05) is 12.8 Å². The highest BCUT2D eigenvalue weighted by atomic mass is 16.6. The number of hydrogen-bond acceptors (Lipinski definition) is 5. The summed E-state index contributed by atoms with van der Waals surface area (Å²) in [5.41, 5.74) is 5.12. The first kappa shape index (κ1) is 9.97. The number of nitro benzene ring substituents is 1. The molecule has 0 heterocycles. The van der Waals surface area contributed by atoms with Crippen molar-refractivity contribution in [3.05, 3.63) is 33.9 Å². The quantitative estimate of drug-likeness (QED) is 0.329. The van der Waals surface area contributed by atoms with E-state index in [4.69, 9.17) is 5.73 Å². The number of benzene rings is 1. The highest BCUT2D eigenvalue weighted by molar-refractivity contribution is 5.94. The van der Waals surface area contributed by atoms with Crippen molar-refractivity contribution in [1.82, 2.24) is 0 Å². The minimum absolute atomic E-state index is 0.105. The van der Waals surface area contributed by atoms with Crippen molar-refractivity contribution in [2.45, 2.75) is 0 Å². The van der Waals surface area contributed by atoms with Crippen LogP contribution in [0, 0.1) is 10.1 Å². The summed E-state index contributed by atoms with van der Waals surface area (Å²) in [4.78, 5) is 20.9. The van der Waals surface area contributed by atoms with Crippen LogP contribution in [-0.4, -0.2) is 18.0 Å². The average Bonchev–Trinajstić information content (AvgIpc) is 2.16. The zero-order valence-electron chi connectivity index (χ0n) is 7.39. The monoisotopic (exact) mass is 196 g/mol. The zero-order chi connectivity index (χ0) is 10.7. The predicted octanol–water partition coefficient (Wildman–Crippen LogP) is 0.964. The van der Waals surface area contributed by atoms with E-state index < -0.39 is 10.9 Å². The van der Waals surface area contributed by atoms with Gasteiger partial charge in [-0.25, -0.2) is 4.79 Å². The number of hydrogen-bond donors (Lipinski definition) is 1. The molecule has 1 aromatic rings. The standard InChI is InChI=1S/C8H8N2O4/c1-14-8(11)6-3-2-5(9)4-7(6)10(12)13/h2-4H,9H2,1H3. The van der Waals surface area contributed by atoms with E-state index >= 15 is 0 Å². The molecule has 0 aliphatic carbocycles. The van der Waals surface area contributed by atoms with Crippen LogP contribution < -0.4 is 5.73 Å². The van der Waals surface area contributed by atoms with Crippen LogP contribution in [0.5, 0.6) is 0 Å². The molecule has 1 rings (SSSR count). The summed E-state index contributed by atoms with van der Waals surface area (Å²) in [6, 6.07) is 3.78. The second-order valence-corrected chi connectivity index (χ2v) is 2.53. The molecule has 0 saturated carbocycles. The van der Waals surface area contributed by atoms with Gasteiger partial charge in [-0.1, -0.05) is 0 Å².